The van der Waals surface area contributed by atoms with Gasteiger partial charge in [0, 0.05) is 30.1 Å². The minimum atomic E-state index is -1.06. The zero-order valence-electron chi connectivity index (χ0n) is 27.7. The Kier molecular flexibility index (Phi) is 20.9. The lowest BCUT2D eigenvalue weighted by atomic mass is 9.95. The predicted molar refractivity (Wildman–Crippen MR) is 181 cm³/mol. The lowest BCUT2D eigenvalue weighted by molar-refractivity contribution is 0.0622. The summed E-state index contributed by atoms with van der Waals surface area (Å²) in [5.74, 6) is 6.51. The van der Waals surface area contributed by atoms with Gasteiger partial charge in [0.15, 0.2) is 0 Å². The Balaban J connectivity index is 6.43. The van der Waals surface area contributed by atoms with Crippen LogP contribution < -0.4 is 5.84 Å². The summed E-state index contributed by atoms with van der Waals surface area (Å²) in [6.45, 7) is 19.5. The van der Waals surface area contributed by atoms with Gasteiger partial charge in [-0.25, -0.2) is 15.4 Å². The van der Waals surface area contributed by atoms with Gasteiger partial charge in [0.25, 0.3) is 0 Å². The number of hydrogen-bond acceptors (Lipinski definition) is 4. The minimum Gasteiger partial charge on any atom is -0.319 e. The smallest absolute Gasteiger partial charge is 0.102 e. The van der Waals surface area contributed by atoms with Crippen molar-refractivity contribution >= 4 is 17.3 Å². The normalized spacial score (nSPS) is 16.0. The monoisotopic (exact) mass is 606 g/mol. The van der Waals surface area contributed by atoms with Crippen LogP contribution in [-0.2, 0) is 0 Å². The number of hydrazine groups is 1. The van der Waals surface area contributed by atoms with Crippen LogP contribution in [0.3, 0.4) is 0 Å². The third-order valence-electron chi connectivity index (χ3n) is 6.69. The summed E-state index contributed by atoms with van der Waals surface area (Å²) >= 11 is 6.56. The standard InChI is InChI=1S/C35H57ClF2N4/c1-11-14-15-18-30(17-12-2)19-16-20-31(25-33(41(10)39)23-26(4)5)29(9)40-28(8)24-34(36)35(27(6)7)42(38)22-21-32(37)13-3/h12,16-17,19-20,23-24,26,31-32H,6,11,13-15,18,21-22,25,39H2,1-5,7-10H3/b17-12-,20-16+,28-24+,30-19+,33-23+,35-34-,40-29?. The van der Waals surface area contributed by atoms with E-state index in [-0.39, 0.29) is 29.6 Å². The fourth-order valence-corrected chi connectivity index (χ4v) is 4.78. The summed E-state index contributed by atoms with van der Waals surface area (Å²) < 4.78 is 28.7. The van der Waals surface area contributed by atoms with Crippen LogP contribution in [0.5, 0.6) is 0 Å². The number of aliphatic imine (C=N–C) groups is 1. The van der Waals surface area contributed by atoms with E-state index in [0.717, 1.165) is 24.3 Å². The fraction of sp³-hybridized carbons (Fsp3) is 0.571. The average molecular weight is 607 g/mol. The molecule has 0 amide bonds. The molecule has 2 unspecified atom stereocenters. The maximum Gasteiger partial charge on any atom is 0.102 e. The summed E-state index contributed by atoms with van der Waals surface area (Å²) in [6, 6.07) is 0. The van der Waals surface area contributed by atoms with Crippen LogP contribution in [0.2, 0.25) is 0 Å². The average Bonchev–Trinajstić information content (AvgIpc) is 2.89. The molecule has 0 saturated carbocycles. The molecule has 42 heavy (non-hydrogen) atoms. The molecule has 2 N–H and O–H groups in total. The number of rotatable bonds is 20. The lowest BCUT2D eigenvalue weighted by Gasteiger charge is -2.22. The topological polar surface area (TPSA) is 44.9 Å². The minimum absolute atomic E-state index is 0.0281. The highest BCUT2D eigenvalue weighted by Gasteiger charge is 2.17. The molecule has 238 valence electrons. The molecule has 0 aliphatic rings. The van der Waals surface area contributed by atoms with Crippen LogP contribution in [0.4, 0.5) is 8.87 Å². The van der Waals surface area contributed by atoms with Crippen molar-refractivity contribution in [2.24, 2.45) is 22.7 Å². The number of unbranched alkanes of at least 4 members (excludes halogenated alkanes) is 2. The van der Waals surface area contributed by atoms with E-state index in [2.05, 4.69) is 63.8 Å². The summed E-state index contributed by atoms with van der Waals surface area (Å²) in [4.78, 5) is 4.85. The van der Waals surface area contributed by atoms with Crippen molar-refractivity contribution in [3.63, 3.8) is 0 Å². The molecule has 7 heteroatoms. The van der Waals surface area contributed by atoms with Crippen LogP contribution in [0.1, 0.15) is 100 Å². The molecule has 0 heterocycles. The Bertz CT molecular complexity index is 1030. The van der Waals surface area contributed by atoms with Crippen LogP contribution >= 0.6 is 11.6 Å². The molecule has 0 radical (unpaired) electrons. The number of nitrogens with two attached hydrogens (primary N) is 1. The summed E-state index contributed by atoms with van der Waals surface area (Å²) in [6.07, 6.45) is 19.1. The van der Waals surface area contributed by atoms with E-state index in [9.17, 15) is 8.87 Å². The summed E-state index contributed by atoms with van der Waals surface area (Å²) in [5, 5.41) is 2.32. The molecule has 0 spiro atoms. The van der Waals surface area contributed by atoms with Crippen molar-refractivity contribution < 1.29 is 8.87 Å². The molecular weight excluding hydrogens is 550 g/mol. The quantitative estimate of drug-likeness (QED) is 0.0374. The van der Waals surface area contributed by atoms with Crippen LogP contribution in [-0.4, -0.2) is 35.6 Å². The van der Waals surface area contributed by atoms with E-state index in [1.54, 1.807) is 24.9 Å². The van der Waals surface area contributed by atoms with Crippen molar-refractivity contribution in [1.29, 1.82) is 0 Å². The number of halogens is 3. The second-order valence-corrected chi connectivity index (χ2v) is 11.7. The molecule has 4 nitrogen and oxygen atoms in total. The molecule has 0 bridgehead atoms. The van der Waals surface area contributed by atoms with Crippen molar-refractivity contribution in [2.75, 3.05) is 13.6 Å². The Labute approximate surface area is 261 Å². The lowest BCUT2D eigenvalue weighted by Crippen LogP contribution is -2.28. The second kappa shape index (κ2) is 22.1. The predicted octanol–water partition coefficient (Wildman–Crippen LogP) is 10.7. The van der Waals surface area contributed by atoms with Gasteiger partial charge in [-0.05, 0) is 82.9 Å². The molecule has 0 aromatic heterocycles. The van der Waals surface area contributed by atoms with E-state index >= 15 is 0 Å². The Morgan fingerprint density at radius 3 is 2.33 bits per heavy atom. The van der Waals surface area contributed by atoms with E-state index in [1.165, 1.54) is 18.4 Å². The Morgan fingerprint density at radius 2 is 1.81 bits per heavy atom. The van der Waals surface area contributed by atoms with E-state index in [1.807, 2.05) is 27.8 Å². The van der Waals surface area contributed by atoms with Gasteiger partial charge in [0.2, 0.25) is 0 Å². The van der Waals surface area contributed by atoms with Crippen molar-refractivity contribution in [3.8, 4) is 0 Å². The van der Waals surface area contributed by atoms with Crippen LogP contribution in [0.15, 0.2) is 87.4 Å². The summed E-state index contributed by atoms with van der Waals surface area (Å²) in [7, 11) is 1.85. The van der Waals surface area contributed by atoms with Crippen LogP contribution in [0, 0.1) is 11.8 Å². The van der Waals surface area contributed by atoms with Gasteiger partial charge in [0.1, 0.15) is 6.17 Å². The third kappa shape index (κ3) is 16.9. The Hall–Kier alpha value is -2.44. The SMILES string of the molecule is C=C(C)/C(=C(Cl)\C=C(/C)N=C(C)C(/C=C/C=C(\C=C/C)CCCCC)C/C(=C\C(C)C)N(C)N)N(F)CCC(F)CC. The fourth-order valence-electron chi connectivity index (χ4n) is 4.36. The van der Waals surface area contributed by atoms with E-state index < -0.39 is 6.17 Å². The third-order valence-corrected chi connectivity index (χ3v) is 6.98. The van der Waals surface area contributed by atoms with Gasteiger partial charge in [-0.15, -0.1) is 0 Å². The zero-order valence-corrected chi connectivity index (χ0v) is 28.4. The number of nitrogens with zero attached hydrogens (tertiary/aromatic N) is 3. The molecule has 0 saturated heterocycles. The zero-order chi connectivity index (χ0) is 32.2. The maximum atomic E-state index is 14.9. The summed E-state index contributed by atoms with van der Waals surface area (Å²) in [5.41, 5.74) is 4.41. The van der Waals surface area contributed by atoms with Gasteiger partial charge in [-0.1, -0.05) is 99.7 Å². The molecule has 2 atom stereocenters. The van der Waals surface area contributed by atoms with Gasteiger partial charge in [0.05, 0.1) is 17.3 Å². The van der Waals surface area contributed by atoms with Crippen molar-refractivity contribution in [1.82, 2.24) is 10.1 Å². The van der Waals surface area contributed by atoms with Crippen molar-refractivity contribution in [2.45, 2.75) is 107 Å². The first-order valence-electron chi connectivity index (χ1n) is 15.3. The first kappa shape index (κ1) is 39.6. The van der Waals surface area contributed by atoms with E-state index in [4.69, 9.17) is 22.4 Å². The van der Waals surface area contributed by atoms with Gasteiger partial charge in [-0.2, -0.15) is 0 Å². The maximum absolute atomic E-state index is 14.9. The molecule has 0 aromatic rings. The highest BCUT2D eigenvalue weighted by molar-refractivity contribution is 6.31. The number of hydrogen-bond donors (Lipinski definition) is 1. The number of alkyl halides is 1. The molecule has 0 fully saturated rings. The molecule has 0 aliphatic heterocycles. The highest BCUT2D eigenvalue weighted by Crippen LogP contribution is 2.26. The molecular formula is C35H57ClF2N4. The Morgan fingerprint density at radius 1 is 1.14 bits per heavy atom. The first-order chi connectivity index (χ1) is 19.8. The molecule has 0 aliphatic carbocycles. The first-order valence-corrected chi connectivity index (χ1v) is 15.7. The largest absolute Gasteiger partial charge is 0.319 e. The van der Waals surface area contributed by atoms with Crippen LogP contribution in [0.25, 0.3) is 0 Å². The van der Waals surface area contributed by atoms with Crippen molar-refractivity contribution in [3.05, 3.63) is 82.4 Å². The van der Waals surface area contributed by atoms with Gasteiger partial charge in [-0.3, -0.25) is 4.99 Å². The highest BCUT2D eigenvalue weighted by atomic mass is 35.5. The molecule has 0 aromatic carbocycles. The van der Waals surface area contributed by atoms with Gasteiger partial charge >= 0.3 is 0 Å². The van der Waals surface area contributed by atoms with E-state index in [0.29, 0.717) is 35.2 Å². The number of allylic oxidation sites excluding steroid dienone is 12. The molecule has 0 rings (SSSR count). The van der Waals surface area contributed by atoms with Gasteiger partial charge < -0.3 is 5.01 Å². The second-order valence-electron chi connectivity index (χ2n) is 11.3.